The molecule has 2 aromatic carbocycles. The summed E-state index contributed by atoms with van der Waals surface area (Å²) in [7, 11) is 4.87. The van der Waals surface area contributed by atoms with Crippen LogP contribution < -0.4 is 18.9 Å². The lowest BCUT2D eigenvalue weighted by molar-refractivity contribution is 0.0784. The highest BCUT2D eigenvalue weighted by Crippen LogP contribution is 2.31. The maximum absolute atomic E-state index is 12.7. The van der Waals surface area contributed by atoms with Gasteiger partial charge in [0.25, 0.3) is 5.91 Å². The van der Waals surface area contributed by atoms with Crippen molar-refractivity contribution in [3.63, 3.8) is 0 Å². The lowest BCUT2D eigenvalue weighted by Crippen LogP contribution is -2.26. The Morgan fingerprint density at radius 2 is 1.72 bits per heavy atom. The predicted octanol–water partition coefficient (Wildman–Crippen LogP) is 2.75. The topological polar surface area (TPSA) is 57.2 Å². The normalized spacial score (nSPS) is 12.4. The fourth-order valence-electron chi connectivity index (χ4n) is 2.72. The van der Waals surface area contributed by atoms with Crippen LogP contribution in [0.5, 0.6) is 23.0 Å². The Morgan fingerprint density at radius 3 is 2.44 bits per heavy atom. The van der Waals surface area contributed by atoms with Crippen LogP contribution in [0.15, 0.2) is 36.4 Å². The number of rotatable bonds is 5. The summed E-state index contributed by atoms with van der Waals surface area (Å²) in [6.45, 7) is 1.56. The summed E-state index contributed by atoms with van der Waals surface area (Å²) in [6.07, 6.45) is 0. The quantitative estimate of drug-likeness (QED) is 0.835. The number of carbonyl (C=O) groups excluding carboxylic acids is 1. The van der Waals surface area contributed by atoms with E-state index in [1.807, 2.05) is 18.2 Å². The van der Waals surface area contributed by atoms with Crippen molar-refractivity contribution in [1.29, 1.82) is 0 Å². The summed E-state index contributed by atoms with van der Waals surface area (Å²) in [4.78, 5) is 14.3. The first-order valence-electron chi connectivity index (χ1n) is 7.98. The minimum Gasteiger partial charge on any atom is -0.493 e. The van der Waals surface area contributed by atoms with E-state index in [4.69, 9.17) is 18.9 Å². The molecule has 2 aromatic rings. The standard InChI is InChI=1S/C19H21NO5/c1-20(12-13-4-6-16-18(10-13)25-9-8-24-16)19(21)14-5-7-15(22-2)17(11-14)23-3/h4-7,10-11H,8-9,12H2,1-3H3. The first kappa shape index (κ1) is 17.0. The van der Waals surface area contributed by atoms with Crippen LogP contribution >= 0.6 is 0 Å². The number of fused-ring (bicyclic) bond motifs is 1. The van der Waals surface area contributed by atoms with E-state index in [0.29, 0.717) is 36.8 Å². The molecule has 0 aliphatic carbocycles. The Bertz CT molecular complexity index is 774. The first-order chi connectivity index (χ1) is 12.1. The van der Waals surface area contributed by atoms with E-state index in [2.05, 4.69) is 0 Å². The molecule has 1 amide bonds. The van der Waals surface area contributed by atoms with Gasteiger partial charge in [0.15, 0.2) is 23.0 Å². The second kappa shape index (κ2) is 7.34. The third-order valence-corrected chi connectivity index (χ3v) is 4.00. The van der Waals surface area contributed by atoms with Gasteiger partial charge in [-0.2, -0.15) is 0 Å². The van der Waals surface area contributed by atoms with Crippen LogP contribution in [0, 0.1) is 0 Å². The average molecular weight is 343 g/mol. The number of nitrogens with zero attached hydrogens (tertiary/aromatic N) is 1. The molecule has 0 saturated carbocycles. The Balaban J connectivity index is 1.74. The Labute approximate surface area is 146 Å². The van der Waals surface area contributed by atoms with E-state index < -0.39 is 0 Å². The van der Waals surface area contributed by atoms with Gasteiger partial charge in [0.05, 0.1) is 14.2 Å². The highest BCUT2D eigenvalue weighted by molar-refractivity contribution is 5.94. The largest absolute Gasteiger partial charge is 0.493 e. The van der Waals surface area contributed by atoms with E-state index in [1.165, 1.54) is 0 Å². The van der Waals surface area contributed by atoms with Gasteiger partial charge in [0, 0.05) is 19.2 Å². The molecule has 132 valence electrons. The predicted molar refractivity (Wildman–Crippen MR) is 92.8 cm³/mol. The van der Waals surface area contributed by atoms with E-state index in [-0.39, 0.29) is 5.91 Å². The van der Waals surface area contributed by atoms with Gasteiger partial charge in [-0.05, 0) is 35.9 Å². The minimum absolute atomic E-state index is 0.101. The summed E-state index contributed by atoms with van der Waals surface area (Å²) >= 11 is 0. The Morgan fingerprint density at radius 1 is 1.00 bits per heavy atom. The van der Waals surface area contributed by atoms with Crippen molar-refractivity contribution in [2.45, 2.75) is 6.54 Å². The fraction of sp³-hybridized carbons (Fsp3) is 0.316. The molecule has 0 radical (unpaired) electrons. The molecule has 0 fully saturated rings. The van der Waals surface area contributed by atoms with Crippen molar-refractivity contribution in [3.8, 4) is 23.0 Å². The average Bonchev–Trinajstić information content (AvgIpc) is 2.66. The number of amides is 1. The fourth-order valence-corrected chi connectivity index (χ4v) is 2.72. The van der Waals surface area contributed by atoms with Gasteiger partial charge < -0.3 is 23.8 Å². The van der Waals surface area contributed by atoms with Crippen LogP contribution in [0.2, 0.25) is 0 Å². The summed E-state index contributed by atoms with van der Waals surface area (Å²) in [5, 5.41) is 0. The van der Waals surface area contributed by atoms with Gasteiger partial charge >= 0.3 is 0 Å². The molecule has 1 aliphatic heterocycles. The molecular formula is C19H21NO5. The van der Waals surface area contributed by atoms with E-state index in [0.717, 1.165) is 17.1 Å². The van der Waals surface area contributed by atoms with Crippen molar-refractivity contribution in [2.24, 2.45) is 0 Å². The number of hydrogen-bond acceptors (Lipinski definition) is 5. The van der Waals surface area contributed by atoms with E-state index in [1.54, 1.807) is 44.4 Å². The first-order valence-corrected chi connectivity index (χ1v) is 7.98. The molecule has 6 nitrogen and oxygen atoms in total. The van der Waals surface area contributed by atoms with Crippen molar-refractivity contribution in [2.75, 3.05) is 34.5 Å². The van der Waals surface area contributed by atoms with E-state index >= 15 is 0 Å². The van der Waals surface area contributed by atoms with Crippen molar-refractivity contribution in [3.05, 3.63) is 47.5 Å². The van der Waals surface area contributed by atoms with Gasteiger partial charge in [0.1, 0.15) is 13.2 Å². The molecule has 0 atom stereocenters. The van der Waals surface area contributed by atoms with Gasteiger partial charge in [0.2, 0.25) is 0 Å². The third kappa shape index (κ3) is 3.63. The molecule has 0 aromatic heterocycles. The van der Waals surface area contributed by atoms with Crippen molar-refractivity contribution >= 4 is 5.91 Å². The summed E-state index contributed by atoms with van der Waals surface area (Å²) < 4.78 is 21.6. The summed E-state index contributed by atoms with van der Waals surface area (Å²) in [6, 6.07) is 10.9. The van der Waals surface area contributed by atoms with E-state index in [9.17, 15) is 4.79 Å². The third-order valence-electron chi connectivity index (χ3n) is 4.00. The molecule has 1 aliphatic rings. The number of benzene rings is 2. The number of carbonyl (C=O) groups is 1. The second-order valence-electron chi connectivity index (χ2n) is 5.71. The lowest BCUT2D eigenvalue weighted by Gasteiger charge is -2.21. The lowest BCUT2D eigenvalue weighted by atomic mass is 10.1. The number of hydrogen-bond donors (Lipinski definition) is 0. The highest BCUT2D eigenvalue weighted by Gasteiger charge is 2.17. The molecule has 0 unspecified atom stereocenters. The molecule has 0 saturated heterocycles. The summed E-state index contributed by atoms with van der Waals surface area (Å²) in [5.74, 6) is 2.48. The zero-order chi connectivity index (χ0) is 17.8. The maximum atomic E-state index is 12.7. The van der Waals surface area contributed by atoms with Crippen LogP contribution in [0.4, 0.5) is 0 Å². The van der Waals surface area contributed by atoms with Crippen LogP contribution in [-0.4, -0.2) is 45.3 Å². The monoisotopic (exact) mass is 343 g/mol. The molecule has 25 heavy (non-hydrogen) atoms. The smallest absolute Gasteiger partial charge is 0.254 e. The van der Waals surface area contributed by atoms with Crippen molar-refractivity contribution in [1.82, 2.24) is 4.90 Å². The molecule has 3 rings (SSSR count). The van der Waals surface area contributed by atoms with Crippen LogP contribution in [0.1, 0.15) is 15.9 Å². The van der Waals surface area contributed by atoms with Crippen molar-refractivity contribution < 1.29 is 23.7 Å². The van der Waals surface area contributed by atoms with Gasteiger partial charge in [-0.3, -0.25) is 4.79 Å². The Hall–Kier alpha value is -2.89. The zero-order valence-corrected chi connectivity index (χ0v) is 14.6. The highest BCUT2D eigenvalue weighted by atomic mass is 16.6. The van der Waals surface area contributed by atoms with Crippen LogP contribution in [0.3, 0.4) is 0 Å². The molecule has 0 N–H and O–H groups in total. The number of ether oxygens (including phenoxy) is 4. The van der Waals surface area contributed by atoms with Gasteiger partial charge in [-0.15, -0.1) is 0 Å². The zero-order valence-electron chi connectivity index (χ0n) is 14.6. The second-order valence-corrected chi connectivity index (χ2v) is 5.71. The van der Waals surface area contributed by atoms with Crippen LogP contribution in [-0.2, 0) is 6.54 Å². The van der Waals surface area contributed by atoms with Crippen LogP contribution in [0.25, 0.3) is 0 Å². The van der Waals surface area contributed by atoms with Gasteiger partial charge in [-0.1, -0.05) is 6.07 Å². The molecule has 1 heterocycles. The maximum Gasteiger partial charge on any atom is 0.254 e. The number of methoxy groups -OCH3 is 2. The molecule has 6 heteroatoms. The molecule has 0 spiro atoms. The summed E-state index contributed by atoms with van der Waals surface area (Å²) in [5.41, 5.74) is 1.51. The Kier molecular flexibility index (Phi) is 4.97. The minimum atomic E-state index is -0.101. The SMILES string of the molecule is COc1ccc(C(=O)N(C)Cc2ccc3c(c2)OCCO3)cc1OC. The molecular weight excluding hydrogens is 322 g/mol. The molecule has 0 bridgehead atoms. The van der Waals surface area contributed by atoms with Gasteiger partial charge in [-0.25, -0.2) is 0 Å².